The van der Waals surface area contributed by atoms with Crippen molar-refractivity contribution in [2.45, 2.75) is 19.6 Å². The third-order valence-electron chi connectivity index (χ3n) is 3.22. The molecule has 1 N–H and O–H groups in total. The Morgan fingerprint density at radius 3 is 2.95 bits per heavy atom. The Bertz CT molecular complexity index is 433. The highest BCUT2D eigenvalue weighted by Crippen LogP contribution is 2.17. The molecule has 0 bridgehead atoms. The van der Waals surface area contributed by atoms with Crippen LogP contribution in [0.3, 0.4) is 0 Å². The number of amides is 1. The van der Waals surface area contributed by atoms with Gasteiger partial charge in [-0.05, 0) is 18.6 Å². The number of morpholine rings is 1. The average molecular weight is 283 g/mol. The number of nitrogens with one attached hydrogen (secondary N) is 1. The summed E-state index contributed by atoms with van der Waals surface area (Å²) in [6.45, 7) is 5.10. The summed E-state index contributed by atoms with van der Waals surface area (Å²) >= 11 is 6.13. The number of hydrogen-bond donors (Lipinski definition) is 1. The summed E-state index contributed by atoms with van der Waals surface area (Å²) in [5.41, 5.74) is 0.961. The van der Waals surface area contributed by atoms with Crippen molar-refractivity contribution in [3.8, 4) is 0 Å². The van der Waals surface area contributed by atoms with Gasteiger partial charge in [-0.2, -0.15) is 0 Å². The number of rotatable bonds is 4. The predicted octanol–water partition coefficient (Wildman–Crippen LogP) is 1.68. The Morgan fingerprint density at radius 2 is 2.32 bits per heavy atom. The Labute approximate surface area is 118 Å². The van der Waals surface area contributed by atoms with Crippen molar-refractivity contribution in [2.75, 3.05) is 26.2 Å². The number of carbonyl (C=O) groups is 1. The summed E-state index contributed by atoms with van der Waals surface area (Å²) in [6, 6.07) is 7.60. The Morgan fingerprint density at radius 1 is 1.53 bits per heavy atom. The van der Waals surface area contributed by atoms with Crippen molar-refractivity contribution < 1.29 is 9.53 Å². The first-order chi connectivity index (χ1) is 9.22. The standard InChI is InChI=1S/C14H19ClN2O2/c1-2-17(10-11-5-3-4-6-12(11)15)14(18)13-9-16-7-8-19-13/h3-6,13,16H,2,7-10H2,1H3/t13-/m1/s1. The van der Waals surface area contributed by atoms with E-state index in [0.717, 1.165) is 12.1 Å². The summed E-state index contributed by atoms with van der Waals surface area (Å²) in [7, 11) is 0. The Hall–Kier alpha value is -1.10. The smallest absolute Gasteiger partial charge is 0.253 e. The van der Waals surface area contributed by atoms with Gasteiger partial charge in [0.25, 0.3) is 5.91 Å². The number of benzene rings is 1. The maximum absolute atomic E-state index is 12.4. The first-order valence-corrected chi connectivity index (χ1v) is 6.94. The van der Waals surface area contributed by atoms with Crippen molar-refractivity contribution in [3.63, 3.8) is 0 Å². The van der Waals surface area contributed by atoms with Crippen molar-refractivity contribution in [2.24, 2.45) is 0 Å². The largest absolute Gasteiger partial charge is 0.366 e. The second kappa shape index (κ2) is 6.89. The van der Waals surface area contributed by atoms with Gasteiger partial charge in [0.15, 0.2) is 0 Å². The van der Waals surface area contributed by atoms with E-state index in [0.29, 0.717) is 31.3 Å². The maximum Gasteiger partial charge on any atom is 0.253 e. The number of halogens is 1. The van der Waals surface area contributed by atoms with Crippen LogP contribution >= 0.6 is 11.6 Å². The molecule has 1 aromatic carbocycles. The van der Waals surface area contributed by atoms with E-state index in [9.17, 15) is 4.79 Å². The minimum absolute atomic E-state index is 0.0228. The van der Waals surface area contributed by atoms with E-state index in [-0.39, 0.29) is 12.0 Å². The van der Waals surface area contributed by atoms with Crippen LogP contribution in [0.2, 0.25) is 5.02 Å². The van der Waals surface area contributed by atoms with Crippen LogP contribution in [0.1, 0.15) is 12.5 Å². The minimum Gasteiger partial charge on any atom is -0.366 e. The zero-order valence-electron chi connectivity index (χ0n) is 11.1. The van der Waals surface area contributed by atoms with Gasteiger partial charge >= 0.3 is 0 Å². The van der Waals surface area contributed by atoms with Crippen LogP contribution in [0.5, 0.6) is 0 Å². The van der Waals surface area contributed by atoms with E-state index in [1.54, 1.807) is 4.90 Å². The van der Waals surface area contributed by atoms with Gasteiger partial charge in [-0.25, -0.2) is 0 Å². The van der Waals surface area contributed by atoms with E-state index < -0.39 is 0 Å². The van der Waals surface area contributed by atoms with Gasteiger partial charge in [-0.1, -0.05) is 29.8 Å². The molecule has 5 heteroatoms. The molecule has 1 aliphatic rings. The molecular weight excluding hydrogens is 264 g/mol. The molecule has 1 amide bonds. The van der Waals surface area contributed by atoms with Gasteiger partial charge < -0.3 is 15.0 Å². The molecule has 0 aliphatic carbocycles. The number of ether oxygens (including phenoxy) is 1. The lowest BCUT2D eigenvalue weighted by atomic mass is 10.2. The molecule has 0 aromatic heterocycles. The van der Waals surface area contributed by atoms with Gasteiger partial charge in [0.05, 0.1) is 6.61 Å². The van der Waals surface area contributed by atoms with Crippen LogP contribution in [-0.2, 0) is 16.1 Å². The van der Waals surface area contributed by atoms with Crippen molar-refractivity contribution in [1.29, 1.82) is 0 Å². The van der Waals surface area contributed by atoms with Crippen LogP contribution in [0, 0.1) is 0 Å². The van der Waals surface area contributed by atoms with Crippen LogP contribution in [0.25, 0.3) is 0 Å². The SMILES string of the molecule is CCN(Cc1ccccc1Cl)C(=O)[C@H]1CNCCO1. The second-order valence-corrected chi connectivity index (χ2v) is 4.91. The molecule has 1 aliphatic heterocycles. The van der Waals surface area contributed by atoms with Crippen LogP contribution < -0.4 is 5.32 Å². The van der Waals surface area contributed by atoms with Gasteiger partial charge in [-0.3, -0.25) is 4.79 Å². The van der Waals surface area contributed by atoms with E-state index in [4.69, 9.17) is 16.3 Å². The van der Waals surface area contributed by atoms with E-state index >= 15 is 0 Å². The molecular formula is C14H19ClN2O2. The minimum atomic E-state index is -0.379. The van der Waals surface area contributed by atoms with Crippen LogP contribution in [0.15, 0.2) is 24.3 Å². The Kier molecular flexibility index (Phi) is 5.19. The molecule has 0 saturated carbocycles. The highest BCUT2D eigenvalue weighted by molar-refractivity contribution is 6.31. The zero-order chi connectivity index (χ0) is 13.7. The first-order valence-electron chi connectivity index (χ1n) is 6.57. The van der Waals surface area contributed by atoms with Crippen molar-refractivity contribution in [1.82, 2.24) is 10.2 Å². The molecule has 0 radical (unpaired) electrons. The number of carbonyl (C=O) groups excluding carboxylic acids is 1. The molecule has 1 atom stereocenters. The molecule has 4 nitrogen and oxygen atoms in total. The van der Waals surface area contributed by atoms with E-state index in [1.165, 1.54) is 0 Å². The topological polar surface area (TPSA) is 41.6 Å². The molecule has 1 saturated heterocycles. The van der Waals surface area contributed by atoms with E-state index in [1.807, 2.05) is 31.2 Å². The van der Waals surface area contributed by atoms with Crippen LogP contribution in [-0.4, -0.2) is 43.2 Å². The molecule has 1 heterocycles. The highest BCUT2D eigenvalue weighted by atomic mass is 35.5. The number of likely N-dealkylation sites (N-methyl/N-ethyl adjacent to an activating group) is 1. The Balaban J connectivity index is 2.03. The molecule has 0 unspecified atom stereocenters. The lowest BCUT2D eigenvalue weighted by Gasteiger charge is -2.29. The first kappa shape index (κ1) is 14.3. The monoisotopic (exact) mass is 282 g/mol. The summed E-state index contributed by atoms with van der Waals surface area (Å²) in [5, 5.41) is 3.86. The lowest BCUT2D eigenvalue weighted by molar-refractivity contribution is -0.145. The van der Waals surface area contributed by atoms with Gasteiger partial charge in [0, 0.05) is 31.2 Å². The summed E-state index contributed by atoms with van der Waals surface area (Å²) < 4.78 is 5.50. The summed E-state index contributed by atoms with van der Waals surface area (Å²) in [5.74, 6) is 0.0228. The normalized spacial score (nSPS) is 19.2. The third-order valence-corrected chi connectivity index (χ3v) is 3.58. The molecule has 1 fully saturated rings. The zero-order valence-corrected chi connectivity index (χ0v) is 11.8. The number of hydrogen-bond acceptors (Lipinski definition) is 3. The van der Waals surface area contributed by atoms with E-state index in [2.05, 4.69) is 5.32 Å². The van der Waals surface area contributed by atoms with Gasteiger partial charge in [0.1, 0.15) is 6.10 Å². The fourth-order valence-corrected chi connectivity index (χ4v) is 2.30. The predicted molar refractivity (Wildman–Crippen MR) is 75.2 cm³/mol. The fourth-order valence-electron chi connectivity index (χ4n) is 2.11. The van der Waals surface area contributed by atoms with Crippen molar-refractivity contribution >= 4 is 17.5 Å². The fraction of sp³-hybridized carbons (Fsp3) is 0.500. The molecule has 0 spiro atoms. The highest BCUT2D eigenvalue weighted by Gasteiger charge is 2.26. The van der Waals surface area contributed by atoms with Crippen LogP contribution in [0.4, 0.5) is 0 Å². The van der Waals surface area contributed by atoms with Gasteiger partial charge in [0.2, 0.25) is 0 Å². The number of nitrogens with zero attached hydrogens (tertiary/aromatic N) is 1. The average Bonchev–Trinajstić information content (AvgIpc) is 2.47. The molecule has 2 rings (SSSR count). The maximum atomic E-state index is 12.4. The van der Waals surface area contributed by atoms with Crippen molar-refractivity contribution in [3.05, 3.63) is 34.9 Å². The molecule has 19 heavy (non-hydrogen) atoms. The molecule has 104 valence electrons. The summed E-state index contributed by atoms with van der Waals surface area (Å²) in [6.07, 6.45) is -0.379. The third kappa shape index (κ3) is 3.69. The molecule has 1 aromatic rings. The lowest BCUT2D eigenvalue weighted by Crippen LogP contribution is -2.49. The summed E-state index contributed by atoms with van der Waals surface area (Å²) in [4.78, 5) is 14.1. The second-order valence-electron chi connectivity index (χ2n) is 4.51. The quantitative estimate of drug-likeness (QED) is 0.914. The van der Waals surface area contributed by atoms with Gasteiger partial charge in [-0.15, -0.1) is 0 Å².